The van der Waals surface area contributed by atoms with Crippen molar-refractivity contribution in [3.63, 3.8) is 0 Å². The normalized spacial score (nSPS) is 22.4. The van der Waals surface area contributed by atoms with Crippen molar-refractivity contribution in [2.45, 2.75) is 31.8 Å². The van der Waals surface area contributed by atoms with E-state index in [9.17, 15) is 0 Å². The molecule has 1 fully saturated rings. The molecule has 1 aliphatic rings. The predicted octanol–water partition coefficient (Wildman–Crippen LogP) is 1.80. The van der Waals surface area contributed by atoms with Gasteiger partial charge in [0.05, 0.1) is 0 Å². The highest BCUT2D eigenvalue weighted by molar-refractivity contribution is 5.26. The first-order valence-electron chi connectivity index (χ1n) is 7.43. The first kappa shape index (κ1) is 14.5. The van der Waals surface area contributed by atoms with Crippen LogP contribution in [0.2, 0.25) is 0 Å². The summed E-state index contributed by atoms with van der Waals surface area (Å²) in [6.07, 6.45) is 2.39. The molecule has 0 aliphatic carbocycles. The summed E-state index contributed by atoms with van der Waals surface area (Å²) in [6.45, 7) is 5.50. The molecule has 1 saturated heterocycles. The van der Waals surface area contributed by atoms with Gasteiger partial charge in [-0.3, -0.25) is 4.90 Å². The number of piperazine rings is 1. The number of hydrogen-bond acceptors (Lipinski definition) is 3. The fourth-order valence-electron chi connectivity index (χ4n) is 2.96. The van der Waals surface area contributed by atoms with Gasteiger partial charge >= 0.3 is 0 Å². The van der Waals surface area contributed by atoms with Crippen molar-refractivity contribution >= 4 is 0 Å². The van der Waals surface area contributed by atoms with Gasteiger partial charge in [0.2, 0.25) is 0 Å². The fourth-order valence-corrected chi connectivity index (χ4v) is 2.96. The minimum Gasteiger partial charge on any atom is -0.314 e. The largest absolute Gasteiger partial charge is 0.314 e. The van der Waals surface area contributed by atoms with E-state index in [-0.39, 0.29) is 0 Å². The SMILES string of the molecule is CCCc1ccc(C(NC)C2CNCCN2C)cc1. The summed E-state index contributed by atoms with van der Waals surface area (Å²) in [4.78, 5) is 2.46. The van der Waals surface area contributed by atoms with Crippen LogP contribution in [0.25, 0.3) is 0 Å². The molecular weight excluding hydrogens is 234 g/mol. The monoisotopic (exact) mass is 261 g/mol. The number of nitrogens with zero attached hydrogens (tertiary/aromatic N) is 1. The second kappa shape index (κ2) is 7.04. The van der Waals surface area contributed by atoms with E-state index >= 15 is 0 Å². The molecule has 0 saturated carbocycles. The highest BCUT2D eigenvalue weighted by atomic mass is 15.2. The van der Waals surface area contributed by atoms with E-state index in [0.717, 1.165) is 19.6 Å². The van der Waals surface area contributed by atoms with Crippen LogP contribution in [0.1, 0.15) is 30.5 Å². The third kappa shape index (κ3) is 3.56. The van der Waals surface area contributed by atoms with Crippen molar-refractivity contribution in [1.29, 1.82) is 0 Å². The summed E-state index contributed by atoms with van der Waals surface area (Å²) < 4.78 is 0. The Hall–Kier alpha value is -0.900. The minimum atomic E-state index is 0.397. The Labute approximate surface area is 117 Å². The van der Waals surface area contributed by atoms with E-state index in [2.05, 4.69) is 60.8 Å². The molecule has 2 unspecified atom stereocenters. The maximum atomic E-state index is 3.50. The van der Waals surface area contributed by atoms with Crippen LogP contribution in [0, 0.1) is 0 Å². The van der Waals surface area contributed by atoms with Crippen LogP contribution in [0.5, 0.6) is 0 Å². The second-order valence-electron chi connectivity index (χ2n) is 5.51. The van der Waals surface area contributed by atoms with Gasteiger partial charge in [0, 0.05) is 31.7 Å². The van der Waals surface area contributed by atoms with Crippen LogP contribution >= 0.6 is 0 Å². The zero-order chi connectivity index (χ0) is 13.7. The summed E-state index contributed by atoms with van der Waals surface area (Å²) in [6, 6.07) is 10.0. The lowest BCUT2D eigenvalue weighted by Gasteiger charge is -2.38. The number of nitrogens with one attached hydrogen (secondary N) is 2. The van der Waals surface area contributed by atoms with Gasteiger partial charge in [-0.1, -0.05) is 37.6 Å². The van der Waals surface area contributed by atoms with Gasteiger partial charge in [-0.15, -0.1) is 0 Å². The average molecular weight is 261 g/mol. The molecule has 0 bridgehead atoms. The van der Waals surface area contributed by atoms with Crippen LogP contribution in [0.4, 0.5) is 0 Å². The van der Waals surface area contributed by atoms with Crippen LogP contribution in [-0.4, -0.2) is 44.7 Å². The molecule has 1 aromatic rings. The maximum Gasteiger partial charge on any atom is 0.0488 e. The van der Waals surface area contributed by atoms with Gasteiger partial charge in [0.1, 0.15) is 0 Å². The molecule has 1 aliphatic heterocycles. The molecule has 19 heavy (non-hydrogen) atoms. The third-order valence-corrected chi connectivity index (χ3v) is 4.13. The van der Waals surface area contributed by atoms with Gasteiger partial charge in [-0.05, 0) is 31.6 Å². The molecule has 2 rings (SSSR count). The number of hydrogen-bond donors (Lipinski definition) is 2. The van der Waals surface area contributed by atoms with Crippen LogP contribution < -0.4 is 10.6 Å². The van der Waals surface area contributed by atoms with E-state index in [4.69, 9.17) is 0 Å². The van der Waals surface area contributed by atoms with E-state index in [1.807, 2.05) is 0 Å². The maximum absolute atomic E-state index is 3.50. The van der Waals surface area contributed by atoms with E-state index in [1.54, 1.807) is 0 Å². The Kier molecular flexibility index (Phi) is 5.37. The van der Waals surface area contributed by atoms with Gasteiger partial charge in [-0.2, -0.15) is 0 Å². The summed E-state index contributed by atoms with van der Waals surface area (Å²) in [5.41, 5.74) is 2.83. The molecule has 2 N–H and O–H groups in total. The lowest BCUT2D eigenvalue weighted by molar-refractivity contribution is 0.162. The molecule has 2 atom stereocenters. The average Bonchev–Trinajstić information content (AvgIpc) is 2.44. The van der Waals surface area contributed by atoms with Crippen molar-refractivity contribution < 1.29 is 0 Å². The predicted molar refractivity (Wildman–Crippen MR) is 81.5 cm³/mol. The number of likely N-dealkylation sites (N-methyl/N-ethyl adjacent to an activating group) is 2. The number of benzene rings is 1. The Morgan fingerprint density at radius 1 is 1.37 bits per heavy atom. The van der Waals surface area contributed by atoms with Crippen LogP contribution in [0.3, 0.4) is 0 Å². The molecule has 0 spiro atoms. The highest BCUT2D eigenvalue weighted by Crippen LogP contribution is 2.22. The fraction of sp³-hybridized carbons (Fsp3) is 0.625. The summed E-state index contributed by atoms with van der Waals surface area (Å²) in [5.74, 6) is 0. The molecule has 0 radical (unpaired) electrons. The van der Waals surface area contributed by atoms with Crippen molar-refractivity contribution in [2.24, 2.45) is 0 Å². The Bertz CT molecular complexity index is 374. The lowest BCUT2D eigenvalue weighted by atomic mass is 9.95. The molecule has 0 amide bonds. The van der Waals surface area contributed by atoms with E-state index < -0.39 is 0 Å². The molecule has 1 heterocycles. The van der Waals surface area contributed by atoms with Crippen LogP contribution in [0.15, 0.2) is 24.3 Å². The number of aryl methyl sites for hydroxylation is 1. The third-order valence-electron chi connectivity index (χ3n) is 4.13. The van der Waals surface area contributed by atoms with Gasteiger partial charge in [0.25, 0.3) is 0 Å². The van der Waals surface area contributed by atoms with Crippen molar-refractivity contribution in [3.05, 3.63) is 35.4 Å². The smallest absolute Gasteiger partial charge is 0.0488 e. The standard InChI is InChI=1S/C16H27N3/c1-4-5-13-6-8-14(9-7-13)16(17-2)15-12-18-10-11-19(15)3/h6-9,15-18H,4-5,10-12H2,1-3H3. The molecule has 1 aromatic carbocycles. The lowest BCUT2D eigenvalue weighted by Crippen LogP contribution is -2.54. The summed E-state index contributed by atoms with van der Waals surface area (Å²) >= 11 is 0. The first-order chi connectivity index (χ1) is 9.26. The Morgan fingerprint density at radius 3 is 2.68 bits per heavy atom. The Balaban J connectivity index is 2.11. The second-order valence-corrected chi connectivity index (χ2v) is 5.51. The Morgan fingerprint density at radius 2 is 2.11 bits per heavy atom. The minimum absolute atomic E-state index is 0.397. The summed E-state index contributed by atoms with van der Waals surface area (Å²) in [7, 11) is 4.29. The molecule has 3 nitrogen and oxygen atoms in total. The molecule has 0 aromatic heterocycles. The first-order valence-corrected chi connectivity index (χ1v) is 7.43. The topological polar surface area (TPSA) is 27.3 Å². The summed E-state index contributed by atoms with van der Waals surface area (Å²) in [5, 5.41) is 6.99. The quantitative estimate of drug-likeness (QED) is 0.846. The van der Waals surface area contributed by atoms with Crippen molar-refractivity contribution in [2.75, 3.05) is 33.7 Å². The van der Waals surface area contributed by atoms with Gasteiger partial charge in [-0.25, -0.2) is 0 Å². The zero-order valence-electron chi connectivity index (χ0n) is 12.4. The zero-order valence-corrected chi connectivity index (χ0v) is 12.4. The van der Waals surface area contributed by atoms with Crippen molar-refractivity contribution in [3.8, 4) is 0 Å². The van der Waals surface area contributed by atoms with E-state index in [0.29, 0.717) is 12.1 Å². The van der Waals surface area contributed by atoms with E-state index in [1.165, 1.54) is 24.0 Å². The molecule has 106 valence electrons. The van der Waals surface area contributed by atoms with Gasteiger partial charge in [0.15, 0.2) is 0 Å². The van der Waals surface area contributed by atoms with Crippen molar-refractivity contribution in [1.82, 2.24) is 15.5 Å². The molecular formula is C16H27N3. The van der Waals surface area contributed by atoms with Gasteiger partial charge < -0.3 is 10.6 Å². The highest BCUT2D eigenvalue weighted by Gasteiger charge is 2.27. The van der Waals surface area contributed by atoms with Crippen LogP contribution in [-0.2, 0) is 6.42 Å². The number of rotatable bonds is 5. The molecule has 3 heteroatoms.